The molecule has 1 rings (SSSR count). The second kappa shape index (κ2) is 6.24. The first-order valence-corrected chi connectivity index (χ1v) is 8.31. The maximum absolute atomic E-state index is 12.5. The molecule has 1 aromatic carbocycles. The van der Waals surface area contributed by atoms with E-state index < -0.39 is 16.1 Å². The molecule has 114 valence electrons. The number of rotatable bonds is 5. The van der Waals surface area contributed by atoms with Gasteiger partial charge in [0.25, 0.3) is 0 Å². The minimum absolute atomic E-state index is 0.0131. The quantitative estimate of drug-likeness (QED) is 0.876. The van der Waals surface area contributed by atoms with E-state index in [-0.39, 0.29) is 12.5 Å². The third kappa shape index (κ3) is 3.59. The van der Waals surface area contributed by atoms with Crippen molar-refractivity contribution in [1.29, 1.82) is 0 Å². The Hall–Kier alpha value is -0.910. The maximum atomic E-state index is 12.5. The van der Waals surface area contributed by atoms with Crippen molar-refractivity contribution in [2.45, 2.75) is 52.5 Å². The van der Waals surface area contributed by atoms with Crippen LogP contribution < -0.4 is 4.72 Å². The zero-order valence-corrected chi connectivity index (χ0v) is 13.9. The molecule has 0 radical (unpaired) electrons. The van der Waals surface area contributed by atoms with Crippen LogP contribution in [0.4, 0.5) is 0 Å². The molecule has 0 amide bonds. The molecule has 0 aromatic heterocycles. The zero-order valence-electron chi connectivity index (χ0n) is 13.1. The Labute approximate surface area is 122 Å². The Morgan fingerprint density at radius 2 is 1.55 bits per heavy atom. The van der Waals surface area contributed by atoms with Gasteiger partial charge in [0.15, 0.2) is 0 Å². The topological polar surface area (TPSA) is 66.4 Å². The van der Waals surface area contributed by atoms with Crippen LogP contribution in [0.5, 0.6) is 0 Å². The van der Waals surface area contributed by atoms with E-state index in [0.29, 0.717) is 4.90 Å². The Morgan fingerprint density at radius 3 is 1.95 bits per heavy atom. The largest absolute Gasteiger partial charge is 0.391 e. The first kappa shape index (κ1) is 17.1. The number of sulfonamides is 1. The van der Waals surface area contributed by atoms with Crippen LogP contribution in [0.15, 0.2) is 11.0 Å². The molecule has 1 atom stereocenters. The predicted octanol–water partition coefficient (Wildman–Crippen LogP) is 2.22. The van der Waals surface area contributed by atoms with Crippen molar-refractivity contribution in [2.75, 3.05) is 6.54 Å². The summed E-state index contributed by atoms with van der Waals surface area (Å²) in [5.74, 6) is 0.0131. The van der Waals surface area contributed by atoms with Gasteiger partial charge in [0, 0.05) is 6.54 Å². The molecular formula is C15H25NO3S. The van der Waals surface area contributed by atoms with Gasteiger partial charge in [0.2, 0.25) is 10.0 Å². The zero-order chi connectivity index (χ0) is 15.7. The molecule has 0 aliphatic rings. The summed E-state index contributed by atoms with van der Waals surface area (Å²) in [7, 11) is -3.61. The SMILES string of the molecule is Cc1cc(C)c(C)c(S(=O)(=O)NCC(O)C(C)C)c1C. The van der Waals surface area contributed by atoms with Gasteiger partial charge in [-0.05, 0) is 55.9 Å². The Bertz CT molecular complexity index is 565. The molecule has 2 N–H and O–H groups in total. The maximum Gasteiger partial charge on any atom is 0.241 e. The Morgan fingerprint density at radius 1 is 1.10 bits per heavy atom. The fourth-order valence-corrected chi connectivity index (χ4v) is 3.75. The smallest absolute Gasteiger partial charge is 0.241 e. The molecule has 0 fully saturated rings. The second-order valence-electron chi connectivity index (χ2n) is 5.75. The van der Waals surface area contributed by atoms with Crippen molar-refractivity contribution >= 4 is 10.0 Å². The molecule has 4 nitrogen and oxygen atoms in total. The van der Waals surface area contributed by atoms with Gasteiger partial charge in [-0.1, -0.05) is 19.9 Å². The van der Waals surface area contributed by atoms with Crippen molar-refractivity contribution < 1.29 is 13.5 Å². The molecule has 20 heavy (non-hydrogen) atoms. The van der Waals surface area contributed by atoms with Gasteiger partial charge in [-0.2, -0.15) is 0 Å². The lowest BCUT2D eigenvalue weighted by molar-refractivity contribution is 0.129. The third-order valence-corrected chi connectivity index (χ3v) is 5.51. The standard InChI is InChI=1S/C15H25NO3S/c1-9(2)14(17)8-16-20(18,19)15-12(5)10(3)7-11(4)13(15)6/h7,9,14,16-17H,8H2,1-6H3. The van der Waals surface area contributed by atoms with Crippen LogP contribution in [-0.2, 0) is 10.0 Å². The van der Waals surface area contributed by atoms with Crippen LogP contribution in [0.3, 0.4) is 0 Å². The average Bonchev–Trinajstić information content (AvgIpc) is 2.33. The molecule has 0 saturated carbocycles. The number of aryl methyl sites for hydroxylation is 2. The molecule has 0 spiro atoms. The number of aliphatic hydroxyl groups excluding tert-OH is 1. The molecule has 0 saturated heterocycles. The highest BCUT2D eigenvalue weighted by molar-refractivity contribution is 7.89. The van der Waals surface area contributed by atoms with Gasteiger partial charge in [0.05, 0.1) is 11.0 Å². The van der Waals surface area contributed by atoms with E-state index in [0.717, 1.165) is 22.3 Å². The Balaban J connectivity index is 3.17. The van der Waals surface area contributed by atoms with E-state index in [1.807, 2.05) is 47.6 Å². The minimum Gasteiger partial charge on any atom is -0.391 e. The van der Waals surface area contributed by atoms with Crippen molar-refractivity contribution in [3.8, 4) is 0 Å². The summed E-state index contributed by atoms with van der Waals surface area (Å²) in [4.78, 5) is 0.339. The van der Waals surface area contributed by atoms with Crippen LogP contribution >= 0.6 is 0 Å². The molecule has 1 unspecified atom stereocenters. The second-order valence-corrected chi connectivity index (χ2v) is 7.46. The van der Waals surface area contributed by atoms with Crippen LogP contribution in [0.2, 0.25) is 0 Å². The summed E-state index contributed by atoms with van der Waals surface area (Å²) in [6, 6.07) is 1.99. The van der Waals surface area contributed by atoms with Gasteiger partial charge >= 0.3 is 0 Å². The first-order valence-electron chi connectivity index (χ1n) is 6.83. The molecule has 0 bridgehead atoms. The summed E-state index contributed by atoms with van der Waals surface area (Å²) >= 11 is 0. The average molecular weight is 299 g/mol. The normalized spacial score (nSPS) is 13.8. The highest BCUT2D eigenvalue weighted by Gasteiger charge is 2.23. The summed E-state index contributed by atoms with van der Waals surface area (Å²) in [5, 5.41) is 9.76. The number of benzene rings is 1. The summed E-state index contributed by atoms with van der Waals surface area (Å²) < 4.78 is 27.5. The molecular weight excluding hydrogens is 274 g/mol. The lowest BCUT2D eigenvalue weighted by atomic mass is 10.0. The molecule has 0 aliphatic heterocycles. The van der Waals surface area contributed by atoms with Gasteiger partial charge in [-0.3, -0.25) is 0 Å². The lowest BCUT2D eigenvalue weighted by Gasteiger charge is -2.19. The summed E-state index contributed by atoms with van der Waals surface area (Å²) in [6.45, 7) is 11.2. The lowest BCUT2D eigenvalue weighted by Crippen LogP contribution is -2.35. The van der Waals surface area contributed by atoms with Gasteiger partial charge in [-0.15, -0.1) is 0 Å². The van der Waals surface area contributed by atoms with Crippen LogP contribution in [0, 0.1) is 33.6 Å². The van der Waals surface area contributed by atoms with Gasteiger partial charge < -0.3 is 5.11 Å². The van der Waals surface area contributed by atoms with Gasteiger partial charge in [-0.25, -0.2) is 13.1 Å². The molecule has 0 heterocycles. The van der Waals surface area contributed by atoms with E-state index in [9.17, 15) is 13.5 Å². The highest BCUT2D eigenvalue weighted by Crippen LogP contribution is 2.25. The van der Waals surface area contributed by atoms with Crippen molar-refractivity contribution in [2.24, 2.45) is 5.92 Å². The number of nitrogens with one attached hydrogen (secondary N) is 1. The van der Waals surface area contributed by atoms with E-state index in [1.54, 1.807) is 0 Å². The van der Waals surface area contributed by atoms with Crippen LogP contribution in [0.25, 0.3) is 0 Å². The van der Waals surface area contributed by atoms with Crippen LogP contribution in [-0.4, -0.2) is 26.2 Å². The first-order chi connectivity index (χ1) is 9.08. The predicted molar refractivity (Wildman–Crippen MR) is 81.4 cm³/mol. The highest BCUT2D eigenvalue weighted by atomic mass is 32.2. The van der Waals surface area contributed by atoms with E-state index >= 15 is 0 Å². The Kier molecular flexibility index (Phi) is 5.35. The monoisotopic (exact) mass is 299 g/mol. The van der Waals surface area contributed by atoms with Gasteiger partial charge in [0.1, 0.15) is 0 Å². The van der Waals surface area contributed by atoms with Crippen molar-refractivity contribution in [3.05, 3.63) is 28.3 Å². The fraction of sp³-hybridized carbons (Fsp3) is 0.600. The third-order valence-electron chi connectivity index (χ3n) is 3.82. The number of hydrogen-bond acceptors (Lipinski definition) is 3. The van der Waals surface area contributed by atoms with E-state index in [4.69, 9.17) is 0 Å². The van der Waals surface area contributed by atoms with Crippen molar-refractivity contribution in [1.82, 2.24) is 4.72 Å². The van der Waals surface area contributed by atoms with E-state index in [1.165, 1.54) is 0 Å². The fourth-order valence-electron chi connectivity index (χ4n) is 2.09. The minimum atomic E-state index is -3.61. The summed E-state index contributed by atoms with van der Waals surface area (Å²) in [6.07, 6.45) is -0.684. The molecule has 1 aromatic rings. The number of aliphatic hydroxyl groups is 1. The van der Waals surface area contributed by atoms with E-state index in [2.05, 4.69) is 4.72 Å². The van der Waals surface area contributed by atoms with Crippen molar-refractivity contribution in [3.63, 3.8) is 0 Å². The number of hydrogen-bond donors (Lipinski definition) is 2. The summed E-state index contributed by atoms with van der Waals surface area (Å²) in [5.41, 5.74) is 3.44. The molecule has 0 aliphatic carbocycles. The molecule has 5 heteroatoms. The van der Waals surface area contributed by atoms with Crippen LogP contribution in [0.1, 0.15) is 36.1 Å².